The highest BCUT2D eigenvalue weighted by atomic mass is 16.2. The molecule has 13 heavy (non-hydrogen) atoms. The fraction of sp³-hybridized carbons (Fsp3) is 0.222. The molecule has 0 radical (unpaired) electrons. The average Bonchev–Trinajstić information content (AvgIpc) is 2.15. The smallest absolute Gasteiger partial charge is 0.269 e. The van der Waals surface area contributed by atoms with Crippen molar-refractivity contribution < 1.29 is 9.59 Å². The van der Waals surface area contributed by atoms with Crippen molar-refractivity contribution in [2.75, 3.05) is 6.54 Å². The summed E-state index contributed by atoms with van der Waals surface area (Å²) >= 11 is 0. The van der Waals surface area contributed by atoms with Crippen LogP contribution >= 0.6 is 0 Å². The van der Waals surface area contributed by atoms with Crippen LogP contribution in [0, 0.1) is 18.3 Å². The first-order chi connectivity index (χ1) is 6.24. The Morgan fingerprint density at radius 3 is 3.08 bits per heavy atom. The molecule has 0 aliphatic carbocycles. The minimum atomic E-state index is -0.481. The zero-order valence-electron chi connectivity index (χ0n) is 6.86. The van der Waals surface area contributed by atoms with Gasteiger partial charge in [-0.25, -0.2) is 4.99 Å². The number of aliphatic imine (C=N–C) groups is 1. The molecule has 0 aromatic heterocycles. The van der Waals surface area contributed by atoms with Crippen molar-refractivity contribution in [2.45, 2.75) is 0 Å². The van der Waals surface area contributed by atoms with E-state index in [1.165, 1.54) is 18.4 Å². The van der Waals surface area contributed by atoms with Crippen molar-refractivity contribution in [1.29, 1.82) is 0 Å². The SMILES string of the molecule is C#CCNC(=O)C1C=CC(=O)N=C1. The molecule has 4 nitrogen and oxygen atoms in total. The van der Waals surface area contributed by atoms with E-state index in [1.54, 1.807) is 0 Å². The standard InChI is InChI=1S/C9H8N2O2/c1-2-5-10-9(13)7-3-4-8(12)11-6-7/h1,3-4,6-7H,5H2,(H,10,13). The Bertz CT molecular complexity index is 307. The lowest BCUT2D eigenvalue weighted by Crippen LogP contribution is -2.31. The van der Waals surface area contributed by atoms with Crippen molar-refractivity contribution >= 4 is 18.0 Å². The van der Waals surface area contributed by atoms with E-state index in [2.05, 4.69) is 16.2 Å². The molecule has 1 aliphatic heterocycles. The minimum absolute atomic E-state index is 0.185. The lowest BCUT2D eigenvalue weighted by molar-refractivity contribution is -0.121. The lowest BCUT2D eigenvalue weighted by atomic mass is 10.1. The highest BCUT2D eigenvalue weighted by molar-refractivity contribution is 6.05. The van der Waals surface area contributed by atoms with Crippen LogP contribution in [0.2, 0.25) is 0 Å². The molecule has 0 saturated heterocycles. The molecule has 0 bridgehead atoms. The summed E-state index contributed by atoms with van der Waals surface area (Å²) in [5.74, 6) is 1.21. The van der Waals surface area contributed by atoms with Crippen molar-refractivity contribution in [3.8, 4) is 12.3 Å². The third-order valence-electron chi connectivity index (χ3n) is 1.48. The fourth-order valence-corrected chi connectivity index (χ4v) is 0.844. The van der Waals surface area contributed by atoms with Gasteiger partial charge < -0.3 is 5.32 Å². The Hall–Kier alpha value is -1.89. The topological polar surface area (TPSA) is 58.5 Å². The molecular formula is C9H8N2O2. The van der Waals surface area contributed by atoms with Gasteiger partial charge in [0.05, 0.1) is 12.5 Å². The number of rotatable bonds is 2. The van der Waals surface area contributed by atoms with Gasteiger partial charge in [-0.15, -0.1) is 6.42 Å². The molecule has 0 aromatic carbocycles. The minimum Gasteiger partial charge on any atom is -0.344 e. The Labute approximate surface area is 75.7 Å². The number of nitrogens with one attached hydrogen (secondary N) is 1. The Balaban J connectivity index is 2.51. The van der Waals surface area contributed by atoms with Gasteiger partial charge in [-0.3, -0.25) is 9.59 Å². The second-order valence-electron chi connectivity index (χ2n) is 2.42. The Morgan fingerprint density at radius 2 is 2.54 bits per heavy atom. The monoisotopic (exact) mass is 176 g/mol. The Kier molecular flexibility index (Phi) is 2.98. The van der Waals surface area contributed by atoms with E-state index >= 15 is 0 Å². The van der Waals surface area contributed by atoms with E-state index in [-0.39, 0.29) is 18.4 Å². The second kappa shape index (κ2) is 4.21. The first-order valence-electron chi connectivity index (χ1n) is 3.71. The normalized spacial score (nSPS) is 19.6. The van der Waals surface area contributed by atoms with Crippen molar-refractivity contribution in [1.82, 2.24) is 5.32 Å². The molecule has 1 unspecified atom stereocenters. The molecule has 1 N–H and O–H groups in total. The van der Waals surface area contributed by atoms with Gasteiger partial charge in [0.25, 0.3) is 5.91 Å². The Morgan fingerprint density at radius 1 is 1.77 bits per heavy atom. The molecule has 0 spiro atoms. The van der Waals surface area contributed by atoms with E-state index < -0.39 is 5.92 Å². The largest absolute Gasteiger partial charge is 0.344 e. The van der Waals surface area contributed by atoms with Crippen LogP contribution in [0.1, 0.15) is 0 Å². The van der Waals surface area contributed by atoms with Crippen LogP contribution in [0.15, 0.2) is 17.1 Å². The van der Waals surface area contributed by atoms with Gasteiger partial charge in [0.2, 0.25) is 5.91 Å². The highest BCUT2D eigenvalue weighted by Crippen LogP contribution is 2.01. The summed E-state index contributed by atoms with van der Waals surface area (Å²) < 4.78 is 0. The quantitative estimate of drug-likeness (QED) is 0.578. The summed E-state index contributed by atoms with van der Waals surface area (Å²) in [6.45, 7) is 0.185. The van der Waals surface area contributed by atoms with Crippen LogP contribution in [0.3, 0.4) is 0 Å². The number of amides is 2. The molecule has 1 aliphatic rings. The van der Waals surface area contributed by atoms with E-state index in [9.17, 15) is 9.59 Å². The van der Waals surface area contributed by atoms with Crippen molar-refractivity contribution in [3.63, 3.8) is 0 Å². The van der Waals surface area contributed by atoms with Crippen LogP contribution in [-0.4, -0.2) is 24.6 Å². The number of nitrogens with zero attached hydrogens (tertiary/aromatic N) is 1. The van der Waals surface area contributed by atoms with Gasteiger partial charge >= 0.3 is 0 Å². The third kappa shape index (κ3) is 2.56. The molecule has 0 saturated carbocycles. The van der Waals surface area contributed by atoms with Crippen LogP contribution < -0.4 is 5.32 Å². The second-order valence-corrected chi connectivity index (χ2v) is 2.42. The van der Waals surface area contributed by atoms with Gasteiger partial charge in [-0.05, 0) is 0 Å². The van der Waals surface area contributed by atoms with Gasteiger partial charge in [-0.1, -0.05) is 12.0 Å². The van der Waals surface area contributed by atoms with E-state index in [0.717, 1.165) is 0 Å². The molecule has 1 atom stereocenters. The number of hydrogen-bond acceptors (Lipinski definition) is 2. The van der Waals surface area contributed by atoms with Crippen LogP contribution in [0.25, 0.3) is 0 Å². The molecule has 0 aromatic rings. The predicted molar refractivity (Wildman–Crippen MR) is 48.0 cm³/mol. The first kappa shape index (κ1) is 9.20. The van der Waals surface area contributed by atoms with Gasteiger partial charge in [-0.2, -0.15) is 0 Å². The molecule has 1 rings (SSSR count). The van der Waals surface area contributed by atoms with Crippen molar-refractivity contribution in [2.24, 2.45) is 10.9 Å². The summed E-state index contributed by atoms with van der Waals surface area (Å²) in [5, 5.41) is 2.49. The van der Waals surface area contributed by atoms with E-state index in [4.69, 9.17) is 6.42 Å². The summed E-state index contributed by atoms with van der Waals surface area (Å²) in [6, 6.07) is 0. The fourth-order valence-electron chi connectivity index (χ4n) is 0.844. The van der Waals surface area contributed by atoms with Gasteiger partial charge in [0, 0.05) is 12.3 Å². The van der Waals surface area contributed by atoms with E-state index in [0.29, 0.717) is 0 Å². The van der Waals surface area contributed by atoms with Crippen LogP contribution in [0.4, 0.5) is 0 Å². The predicted octanol–water partition coefficient (Wildman–Crippen LogP) is -0.481. The molecule has 4 heteroatoms. The maximum atomic E-state index is 11.2. The van der Waals surface area contributed by atoms with Gasteiger partial charge in [0.15, 0.2) is 0 Å². The number of terminal acetylenes is 1. The maximum absolute atomic E-state index is 11.2. The zero-order valence-corrected chi connectivity index (χ0v) is 6.86. The maximum Gasteiger partial charge on any atom is 0.269 e. The number of carbonyl (C=O) groups is 2. The van der Waals surface area contributed by atoms with Crippen molar-refractivity contribution in [3.05, 3.63) is 12.2 Å². The summed E-state index contributed by atoms with van der Waals surface area (Å²) in [5.41, 5.74) is 0. The van der Waals surface area contributed by atoms with E-state index in [1.807, 2.05) is 0 Å². The third-order valence-corrected chi connectivity index (χ3v) is 1.48. The zero-order chi connectivity index (χ0) is 9.68. The number of dihydropyridines is 1. The molecule has 0 fully saturated rings. The van der Waals surface area contributed by atoms with Crippen LogP contribution in [0.5, 0.6) is 0 Å². The molecule has 2 amide bonds. The van der Waals surface area contributed by atoms with Gasteiger partial charge in [0.1, 0.15) is 0 Å². The average molecular weight is 176 g/mol. The summed E-state index contributed by atoms with van der Waals surface area (Å²) in [4.78, 5) is 25.3. The summed E-state index contributed by atoms with van der Waals surface area (Å²) in [6.07, 6.45) is 9.01. The highest BCUT2D eigenvalue weighted by Gasteiger charge is 2.15. The molecule has 66 valence electrons. The summed E-state index contributed by atoms with van der Waals surface area (Å²) in [7, 11) is 0. The first-order valence-corrected chi connectivity index (χ1v) is 3.71. The lowest BCUT2D eigenvalue weighted by Gasteiger charge is -2.08. The number of carbonyl (C=O) groups excluding carboxylic acids is 2. The van der Waals surface area contributed by atoms with Crippen LogP contribution in [-0.2, 0) is 9.59 Å². The number of hydrogen-bond donors (Lipinski definition) is 1. The molecular weight excluding hydrogens is 168 g/mol. The molecule has 1 heterocycles.